The molecule has 1 aromatic carbocycles. The molecule has 1 aliphatic rings. The third-order valence-corrected chi connectivity index (χ3v) is 3.43. The zero-order chi connectivity index (χ0) is 13.8. The molecule has 0 aromatic heterocycles. The molecule has 1 aromatic rings. The molecule has 1 fully saturated rings. The Hall–Kier alpha value is -2.11. The summed E-state index contributed by atoms with van der Waals surface area (Å²) in [7, 11) is 1.38. The second kappa shape index (κ2) is 5.69. The van der Waals surface area contributed by atoms with Gasteiger partial charge in [0.25, 0.3) is 5.69 Å². The number of nitro benzene ring substituents is 1. The summed E-state index contributed by atoms with van der Waals surface area (Å²) in [6, 6.07) is 6.61. The Morgan fingerprint density at radius 3 is 2.84 bits per heavy atom. The number of anilines is 1. The molecule has 2 rings (SSSR count). The number of methoxy groups -OCH3 is 1. The standard InChI is InChI=1S/C13H16N2O4/c1-19-13(16)9-6-7-10(8-9)14-11-4-2-3-5-12(11)15(17)18/h2-5,9-10,14H,6-8H2,1H3/t9-,10+/m0/s1. The lowest BCUT2D eigenvalue weighted by atomic mass is 10.1. The zero-order valence-corrected chi connectivity index (χ0v) is 10.7. The maximum absolute atomic E-state index is 11.4. The van der Waals surface area contributed by atoms with Gasteiger partial charge in [-0.1, -0.05) is 12.1 Å². The summed E-state index contributed by atoms with van der Waals surface area (Å²) in [6.07, 6.45) is 2.22. The smallest absolute Gasteiger partial charge is 0.308 e. The van der Waals surface area contributed by atoms with E-state index in [0.29, 0.717) is 12.1 Å². The zero-order valence-electron chi connectivity index (χ0n) is 10.7. The summed E-state index contributed by atoms with van der Waals surface area (Å²) in [6.45, 7) is 0. The molecule has 2 atom stereocenters. The van der Waals surface area contributed by atoms with Crippen LogP contribution in [0, 0.1) is 16.0 Å². The van der Waals surface area contributed by atoms with Gasteiger partial charge in [0.05, 0.1) is 18.0 Å². The van der Waals surface area contributed by atoms with Crippen LogP contribution >= 0.6 is 0 Å². The summed E-state index contributed by atoms with van der Waals surface area (Å²) in [5.74, 6) is -0.308. The molecule has 0 radical (unpaired) electrons. The van der Waals surface area contributed by atoms with Crippen LogP contribution in [0.15, 0.2) is 24.3 Å². The van der Waals surface area contributed by atoms with Crippen LogP contribution in [0.1, 0.15) is 19.3 Å². The molecule has 1 N–H and O–H groups in total. The number of rotatable bonds is 4. The van der Waals surface area contributed by atoms with Crippen molar-refractivity contribution in [3.63, 3.8) is 0 Å². The van der Waals surface area contributed by atoms with Crippen molar-refractivity contribution in [2.45, 2.75) is 25.3 Å². The number of hydrogen-bond acceptors (Lipinski definition) is 5. The van der Waals surface area contributed by atoms with Crippen LogP contribution in [0.5, 0.6) is 0 Å². The van der Waals surface area contributed by atoms with Crippen LogP contribution < -0.4 is 5.32 Å². The fraction of sp³-hybridized carbons (Fsp3) is 0.462. The van der Waals surface area contributed by atoms with Gasteiger partial charge in [0.15, 0.2) is 0 Å². The van der Waals surface area contributed by atoms with E-state index in [4.69, 9.17) is 4.74 Å². The number of benzene rings is 1. The highest BCUT2D eigenvalue weighted by Crippen LogP contribution is 2.31. The third-order valence-electron chi connectivity index (χ3n) is 3.43. The number of esters is 1. The van der Waals surface area contributed by atoms with E-state index in [-0.39, 0.29) is 23.6 Å². The molecular formula is C13H16N2O4. The van der Waals surface area contributed by atoms with Crippen LogP contribution in [0.2, 0.25) is 0 Å². The molecule has 1 saturated carbocycles. The van der Waals surface area contributed by atoms with E-state index in [1.54, 1.807) is 18.2 Å². The first-order chi connectivity index (χ1) is 9.11. The Bertz CT molecular complexity index is 489. The van der Waals surface area contributed by atoms with Gasteiger partial charge in [-0.25, -0.2) is 0 Å². The van der Waals surface area contributed by atoms with Gasteiger partial charge in [0, 0.05) is 12.1 Å². The highest BCUT2D eigenvalue weighted by Gasteiger charge is 2.31. The number of ether oxygens (including phenoxy) is 1. The number of carbonyl (C=O) groups excluding carboxylic acids is 1. The maximum atomic E-state index is 11.4. The van der Waals surface area contributed by atoms with E-state index in [9.17, 15) is 14.9 Å². The fourth-order valence-electron chi connectivity index (χ4n) is 2.47. The summed E-state index contributed by atoms with van der Waals surface area (Å²) >= 11 is 0. The lowest BCUT2D eigenvalue weighted by Crippen LogP contribution is -2.19. The van der Waals surface area contributed by atoms with E-state index >= 15 is 0 Å². The molecule has 19 heavy (non-hydrogen) atoms. The molecule has 0 bridgehead atoms. The first kappa shape index (κ1) is 13.3. The molecule has 6 heteroatoms. The maximum Gasteiger partial charge on any atom is 0.308 e. The highest BCUT2D eigenvalue weighted by atomic mass is 16.6. The van der Waals surface area contributed by atoms with Crippen LogP contribution in [0.4, 0.5) is 11.4 Å². The predicted octanol–water partition coefficient (Wildman–Crippen LogP) is 2.35. The average Bonchev–Trinajstić information content (AvgIpc) is 2.86. The van der Waals surface area contributed by atoms with E-state index in [1.165, 1.54) is 13.2 Å². The second-order valence-corrected chi connectivity index (χ2v) is 4.65. The Balaban J connectivity index is 2.03. The third kappa shape index (κ3) is 3.01. The van der Waals surface area contributed by atoms with Crippen LogP contribution in [-0.2, 0) is 9.53 Å². The van der Waals surface area contributed by atoms with Gasteiger partial charge in [-0.2, -0.15) is 0 Å². The minimum absolute atomic E-state index is 0.0593. The largest absolute Gasteiger partial charge is 0.469 e. The second-order valence-electron chi connectivity index (χ2n) is 4.65. The van der Waals surface area contributed by atoms with Gasteiger partial charge in [-0.15, -0.1) is 0 Å². The van der Waals surface area contributed by atoms with Gasteiger partial charge in [-0.3, -0.25) is 14.9 Å². The van der Waals surface area contributed by atoms with Crippen molar-refractivity contribution in [3.05, 3.63) is 34.4 Å². The van der Waals surface area contributed by atoms with Crippen LogP contribution in [0.25, 0.3) is 0 Å². The van der Waals surface area contributed by atoms with Gasteiger partial charge in [0.1, 0.15) is 5.69 Å². The Kier molecular flexibility index (Phi) is 3.99. The molecule has 6 nitrogen and oxygen atoms in total. The Morgan fingerprint density at radius 2 is 2.16 bits per heavy atom. The molecule has 1 aliphatic carbocycles. The average molecular weight is 264 g/mol. The number of nitro groups is 1. The fourth-order valence-corrected chi connectivity index (χ4v) is 2.47. The lowest BCUT2D eigenvalue weighted by molar-refractivity contribution is -0.384. The first-order valence-electron chi connectivity index (χ1n) is 6.19. The van der Waals surface area contributed by atoms with Gasteiger partial charge in [0.2, 0.25) is 0 Å². The molecular weight excluding hydrogens is 248 g/mol. The molecule has 0 spiro atoms. The lowest BCUT2D eigenvalue weighted by Gasteiger charge is -2.14. The predicted molar refractivity (Wildman–Crippen MR) is 69.9 cm³/mol. The van der Waals surface area contributed by atoms with E-state index in [2.05, 4.69) is 5.32 Å². The van der Waals surface area contributed by atoms with Crippen molar-refractivity contribution in [1.29, 1.82) is 0 Å². The van der Waals surface area contributed by atoms with Crippen molar-refractivity contribution < 1.29 is 14.5 Å². The molecule has 0 amide bonds. The van der Waals surface area contributed by atoms with E-state index < -0.39 is 4.92 Å². The molecule has 0 aliphatic heterocycles. The topological polar surface area (TPSA) is 81.5 Å². The van der Waals surface area contributed by atoms with Crippen molar-refractivity contribution >= 4 is 17.3 Å². The van der Waals surface area contributed by atoms with Gasteiger partial charge in [-0.05, 0) is 25.3 Å². The number of para-hydroxylation sites is 2. The number of carbonyl (C=O) groups is 1. The molecule has 0 heterocycles. The normalized spacial score (nSPS) is 21.9. The van der Waals surface area contributed by atoms with E-state index in [1.807, 2.05) is 0 Å². The summed E-state index contributed by atoms with van der Waals surface area (Å²) < 4.78 is 4.72. The first-order valence-corrected chi connectivity index (χ1v) is 6.19. The van der Waals surface area contributed by atoms with Crippen LogP contribution in [0.3, 0.4) is 0 Å². The van der Waals surface area contributed by atoms with E-state index in [0.717, 1.165) is 12.8 Å². The van der Waals surface area contributed by atoms with Crippen molar-refractivity contribution in [3.8, 4) is 0 Å². The molecule has 102 valence electrons. The van der Waals surface area contributed by atoms with Gasteiger partial charge < -0.3 is 10.1 Å². The minimum Gasteiger partial charge on any atom is -0.469 e. The molecule has 0 unspecified atom stereocenters. The Morgan fingerprint density at radius 1 is 1.42 bits per heavy atom. The summed E-state index contributed by atoms with van der Waals surface area (Å²) in [5, 5.41) is 14.1. The number of nitrogens with one attached hydrogen (secondary N) is 1. The van der Waals surface area contributed by atoms with Gasteiger partial charge >= 0.3 is 5.97 Å². The van der Waals surface area contributed by atoms with Crippen molar-refractivity contribution in [1.82, 2.24) is 0 Å². The number of hydrogen-bond donors (Lipinski definition) is 1. The quantitative estimate of drug-likeness (QED) is 0.513. The summed E-state index contributed by atoms with van der Waals surface area (Å²) in [4.78, 5) is 21.9. The van der Waals surface area contributed by atoms with Crippen LogP contribution in [-0.4, -0.2) is 24.0 Å². The number of nitrogens with zero attached hydrogens (tertiary/aromatic N) is 1. The van der Waals surface area contributed by atoms with Crippen molar-refractivity contribution in [2.24, 2.45) is 5.92 Å². The SMILES string of the molecule is COC(=O)[C@H]1CC[C@@H](Nc2ccccc2[N+](=O)[O-])C1. The van der Waals surface area contributed by atoms with Crippen molar-refractivity contribution in [2.75, 3.05) is 12.4 Å². The highest BCUT2D eigenvalue weighted by molar-refractivity contribution is 5.73. The minimum atomic E-state index is -0.408. The Labute approximate surface area is 110 Å². The monoisotopic (exact) mass is 264 g/mol. The summed E-state index contributed by atoms with van der Waals surface area (Å²) in [5.41, 5.74) is 0.562. The molecule has 0 saturated heterocycles.